The molecule has 14 heavy (non-hydrogen) atoms. The van der Waals surface area contributed by atoms with Crippen molar-refractivity contribution < 1.29 is 4.74 Å². The Balaban J connectivity index is 0.000000980. The quantitative estimate of drug-likeness (QED) is 0.774. The van der Waals surface area contributed by atoms with Gasteiger partial charge >= 0.3 is 0 Å². The molecule has 1 atom stereocenters. The maximum absolute atomic E-state index is 5.82. The topological polar surface area (TPSA) is 35.2 Å². The normalized spacial score (nSPS) is 19.1. The minimum absolute atomic E-state index is 0. The number of nitrogens with two attached hydrogens (primary N) is 1. The molecule has 0 saturated carbocycles. The maximum Gasteiger partial charge on any atom is 0.122 e. The lowest BCUT2D eigenvalue weighted by molar-refractivity contribution is 0.263. The van der Waals surface area contributed by atoms with E-state index in [4.69, 9.17) is 10.5 Å². The average molecular weight is 214 g/mol. The Labute approximate surface area is 90.9 Å². The highest BCUT2D eigenvalue weighted by Gasteiger charge is 2.16. The number of hydrogen-bond donors (Lipinski definition) is 1. The molecule has 0 aromatic heterocycles. The number of hydrogen-bond acceptors (Lipinski definition) is 2. The molecule has 0 fully saturated rings. The van der Waals surface area contributed by atoms with Crippen molar-refractivity contribution in [2.24, 2.45) is 5.73 Å². The Morgan fingerprint density at radius 1 is 1.50 bits per heavy atom. The van der Waals surface area contributed by atoms with E-state index >= 15 is 0 Å². The number of aryl methyl sites for hydroxylation is 1. The molecule has 0 unspecified atom stereocenters. The SMILES string of the molecule is CCc1ccc2c(c1)C[C@@H](N)CO2.Cl. The zero-order chi connectivity index (χ0) is 9.26. The zero-order valence-electron chi connectivity index (χ0n) is 8.32. The molecule has 0 bridgehead atoms. The average Bonchev–Trinajstić information content (AvgIpc) is 2.16. The minimum Gasteiger partial charge on any atom is -0.492 e. The van der Waals surface area contributed by atoms with Gasteiger partial charge in [-0.2, -0.15) is 0 Å². The lowest BCUT2D eigenvalue weighted by atomic mass is 10.00. The van der Waals surface area contributed by atoms with E-state index in [9.17, 15) is 0 Å². The van der Waals surface area contributed by atoms with E-state index in [1.165, 1.54) is 11.1 Å². The first-order valence-corrected chi connectivity index (χ1v) is 4.79. The van der Waals surface area contributed by atoms with Gasteiger partial charge in [0.1, 0.15) is 12.4 Å². The van der Waals surface area contributed by atoms with Gasteiger partial charge in [-0.1, -0.05) is 19.1 Å². The van der Waals surface area contributed by atoms with Crippen molar-refractivity contribution in [1.82, 2.24) is 0 Å². The van der Waals surface area contributed by atoms with Crippen LogP contribution in [-0.2, 0) is 12.8 Å². The summed E-state index contributed by atoms with van der Waals surface area (Å²) in [6, 6.07) is 6.55. The van der Waals surface area contributed by atoms with Gasteiger partial charge in [-0.15, -0.1) is 12.4 Å². The molecule has 0 spiro atoms. The predicted molar refractivity (Wildman–Crippen MR) is 60.2 cm³/mol. The van der Waals surface area contributed by atoms with Crippen LogP contribution in [0.4, 0.5) is 0 Å². The molecule has 1 aliphatic heterocycles. The highest BCUT2D eigenvalue weighted by Crippen LogP contribution is 2.25. The van der Waals surface area contributed by atoms with E-state index in [0.29, 0.717) is 6.61 Å². The fourth-order valence-corrected chi connectivity index (χ4v) is 1.69. The first-order chi connectivity index (χ1) is 6.29. The van der Waals surface area contributed by atoms with Gasteiger partial charge in [0, 0.05) is 6.04 Å². The molecule has 1 aromatic carbocycles. The summed E-state index contributed by atoms with van der Waals surface area (Å²) in [5.41, 5.74) is 8.44. The fraction of sp³-hybridized carbons (Fsp3) is 0.455. The third-order valence-corrected chi connectivity index (χ3v) is 2.47. The second-order valence-corrected chi connectivity index (χ2v) is 3.57. The maximum atomic E-state index is 5.82. The van der Waals surface area contributed by atoms with Crippen molar-refractivity contribution in [3.63, 3.8) is 0 Å². The van der Waals surface area contributed by atoms with Crippen molar-refractivity contribution in [3.05, 3.63) is 29.3 Å². The predicted octanol–water partition coefficient (Wildman–Crippen LogP) is 1.93. The lowest BCUT2D eigenvalue weighted by Crippen LogP contribution is -2.33. The number of benzene rings is 1. The molecule has 1 aliphatic rings. The van der Waals surface area contributed by atoms with E-state index in [1.54, 1.807) is 0 Å². The number of ether oxygens (including phenoxy) is 1. The number of rotatable bonds is 1. The Bertz CT molecular complexity index is 314. The van der Waals surface area contributed by atoms with Crippen LogP contribution in [0.25, 0.3) is 0 Å². The van der Waals surface area contributed by atoms with Crippen LogP contribution in [-0.4, -0.2) is 12.6 Å². The van der Waals surface area contributed by atoms with Crippen molar-refractivity contribution >= 4 is 12.4 Å². The Morgan fingerprint density at radius 3 is 3.00 bits per heavy atom. The van der Waals surface area contributed by atoms with Crippen LogP contribution in [0.1, 0.15) is 18.1 Å². The molecule has 1 aromatic rings. The number of halogens is 1. The third kappa shape index (κ3) is 2.20. The van der Waals surface area contributed by atoms with Crippen LogP contribution in [0.15, 0.2) is 18.2 Å². The van der Waals surface area contributed by atoms with Gasteiger partial charge in [0.15, 0.2) is 0 Å². The first-order valence-electron chi connectivity index (χ1n) is 4.79. The van der Waals surface area contributed by atoms with Crippen LogP contribution >= 0.6 is 12.4 Å². The zero-order valence-corrected chi connectivity index (χ0v) is 9.14. The van der Waals surface area contributed by atoms with Gasteiger partial charge in [0.25, 0.3) is 0 Å². The largest absolute Gasteiger partial charge is 0.492 e. The lowest BCUT2D eigenvalue weighted by Gasteiger charge is -2.22. The standard InChI is InChI=1S/C11H15NO.ClH/c1-2-8-3-4-11-9(5-8)6-10(12)7-13-11;/h3-5,10H,2,6-7,12H2,1H3;1H/t10-;/m1./s1. The summed E-state index contributed by atoms with van der Waals surface area (Å²) in [5, 5.41) is 0. The molecule has 0 amide bonds. The van der Waals surface area contributed by atoms with E-state index in [-0.39, 0.29) is 18.4 Å². The van der Waals surface area contributed by atoms with Crippen LogP contribution < -0.4 is 10.5 Å². The van der Waals surface area contributed by atoms with Crippen LogP contribution in [0.5, 0.6) is 5.75 Å². The van der Waals surface area contributed by atoms with Gasteiger partial charge in [0.2, 0.25) is 0 Å². The van der Waals surface area contributed by atoms with Crippen molar-refractivity contribution in [2.75, 3.05) is 6.61 Å². The molecule has 2 N–H and O–H groups in total. The molecule has 0 aliphatic carbocycles. The van der Waals surface area contributed by atoms with Crippen LogP contribution in [0, 0.1) is 0 Å². The summed E-state index contributed by atoms with van der Waals surface area (Å²) < 4.78 is 5.51. The third-order valence-electron chi connectivity index (χ3n) is 2.47. The molecule has 2 nitrogen and oxygen atoms in total. The molecular weight excluding hydrogens is 198 g/mol. The summed E-state index contributed by atoms with van der Waals surface area (Å²) in [7, 11) is 0. The highest BCUT2D eigenvalue weighted by atomic mass is 35.5. The highest BCUT2D eigenvalue weighted by molar-refractivity contribution is 5.85. The molecule has 2 rings (SSSR count). The molecular formula is C11H16ClNO. The van der Waals surface area contributed by atoms with Gasteiger partial charge in [-0.05, 0) is 30.0 Å². The summed E-state index contributed by atoms with van der Waals surface area (Å²) >= 11 is 0. The van der Waals surface area contributed by atoms with E-state index in [0.717, 1.165) is 18.6 Å². The van der Waals surface area contributed by atoms with E-state index in [1.807, 2.05) is 0 Å². The molecule has 0 radical (unpaired) electrons. The second-order valence-electron chi connectivity index (χ2n) is 3.57. The summed E-state index contributed by atoms with van der Waals surface area (Å²) in [5.74, 6) is 1.01. The summed E-state index contributed by atoms with van der Waals surface area (Å²) in [4.78, 5) is 0. The van der Waals surface area contributed by atoms with Gasteiger partial charge in [0.05, 0.1) is 0 Å². The van der Waals surface area contributed by atoms with Gasteiger partial charge < -0.3 is 10.5 Å². The molecule has 1 heterocycles. The van der Waals surface area contributed by atoms with E-state index < -0.39 is 0 Å². The second kappa shape index (κ2) is 4.67. The molecule has 3 heteroatoms. The molecule has 0 saturated heterocycles. The fourth-order valence-electron chi connectivity index (χ4n) is 1.69. The van der Waals surface area contributed by atoms with Crippen molar-refractivity contribution in [2.45, 2.75) is 25.8 Å². The molecule has 78 valence electrons. The van der Waals surface area contributed by atoms with Crippen LogP contribution in [0.3, 0.4) is 0 Å². The minimum atomic E-state index is 0. The van der Waals surface area contributed by atoms with Crippen LogP contribution in [0.2, 0.25) is 0 Å². The van der Waals surface area contributed by atoms with Gasteiger partial charge in [-0.3, -0.25) is 0 Å². The van der Waals surface area contributed by atoms with Gasteiger partial charge in [-0.25, -0.2) is 0 Å². The monoisotopic (exact) mass is 213 g/mol. The summed E-state index contributed by atoms with van der Waals surface area (Å²) in [6.45, 7) is 2.81. The van der Waals surface area contributed by atoms with Crippen molar-refractivity contribution in [1.29, 1.82) is 0 Å². The number of fused-ring (bicyclic) bond motifs is 1. The Morgan fingerprint density at radius 2 is 2.29 bits per heavy atom. The Hall–Kier alpha value is -0.730. The Kier molecular flexibility index (Phi) is 3.78. The van der Waals surface area contributed by atoms with E-state index in [2.05, 4.69) is 25.1 Å². The van der Waals surface area contributed by atoms with Crippen molar-refractivity contribution in [3.8, 4) is 5.75 Å². The summed E-state index contributed by atoms with van der Waals surface area (Å²) in [6.07, 6.45) is 2.02. The smallest absolute Gasteiger partial charge is 0.122 e. The first kappa shape index (κ1) is 11.3.